The smallest absolute Gasteiger partial charge is 0.493 e. The summed E-state index contributed by atoms with van der Waals surface area (Å²) in [4.78, 5) is 0. The van der Waals surface area contributed by atoms with Crippen molar-refractivity contribution in [3.8, 4) is 11.5 Å². The fourth-order valence-electron chi connectivity index (χ4n) is 3.19. The first-order valence-electron chi connectivity index (χ1n) is 9.43. The maximum absolute atomic E-state index is 6.12. The van der Waals surface area contributed by atoms with Gasteiger partial charge in [0.25, 0.3) is 0 Å². The summed E-state index contributed by atoms with van der Waals surface area (Å²) in [5.74, 6) is 2.03. The van der Waals surface area contributed by atoms with Crippen molar-refractivity contribution < 1.29 is 23.2 Å². The number of hydrogen-bond donors (Lipinski definition) is 0. The van der Waals surface area contributed by atoms with E-state index in [1.807, 2.05) is 76.2 Å². The van der Waals surface area contributed by atoms with Gasteiger partial charge in [-0.05, 0) is 57.4 Å². The Balaban J connectivity index is 1.51. The van der Waals surface area contributed by atoms with Crippen LogP contribution in [0.2, 0.25) is 0 Å². The summed E-state index contributed by atoms with van der Waals surface area (Å²) in [6.45, 7) is 8.47. The molecular weight excluding hydrogens is 355 g/mol. The zero-order chi connectivity index (χ0) is 19.9. The van der Waals surface area contributed by atoms with E-state index in [2.05, 4.69) is 0 Å². The minimum atomic E-state index is -0.441. The van der Waals surface area contributed by atoms with E-state index >= 15 is 0 Å². The van der Waals surface area contributed by atoms with E-state index in [-0.39, 0.29) is 11.2 Å². The van der Waals surface area contributed by atoms with Gasteiger partial charge in [-0.25, -0.2) is 0 Å². The van der Waals surface area contributed by atoms with Gasteiger partial charge in [0.05, 0.1) is 18.3 Å². The van der Waals surface area contributed by atoms with E-state index in [9.17, 15) is 0 Å². The van der Waals surface area contributed by atoms with Crippen LogP contribution in [0.15, 0.2) is 52.9 Å². The minimum absolute atomic E-state index is 0.320. The van der Waals surface area contributed by atoms with Gasteiger partial charge in [-0.3, -0.25) is 0 Å². The highest BCUT2D eigenvalue weighted by Gasteiger charge is 2.51. The van der Waals surface area contributed by atoms with E-state index in [0.717, 1.165) is 22.2 Å². The molecule has 0 N–H and O–H groups in total. The summed E-state index contributed by atoms with van der Waals surface area (Å²) in [5, 5.41) is 1.06. The van der Waals surface area contributed by atoms with Crippen molar-refractivity contribution in [3.05, 3.63) is 54.3 Å². The predicted octanol–water partition coefficient (Wildman–Crippen LogP) is 4.32. The monoisotopic (exact) mass is 380 g/mol. The summed E-state index contributed by atoms with van der Waals surface area (Å²) in [6, 6.07) is 15.6. The number of hydrogen-bond acceptors (Lipinski definition) is 5. The SMILES string of the molecule is COc1cc(B2OC(C)(C)C(C)(C)O2)ccc1OCc1cc2ccccc2o1. The molecule has 1 aliphatic heterocycles. The zero-order valence-corrected chi connectivity index (χ0v) is 16.9. The molecule has 1 aliphatic rings. The zero-order valence-electron chi connectivity index (χ0n) is 16.9. The molecule has 6 heteroatoms. The van der Waals surface area contributed by atoms with Crippen molar-refractivity contribution >= 4 is 23.6 Å². The average Bonchev–Trinajstić information content (AvgIpc) is 3.17. The topological polar surface area (TPSA) is 50.1 Å². The van der Waals surface area contributed by atoms with Gasteiger partial charge in [0.15, 0.2) is 11.5 Å². The molecule has 2 aromatic carbocycles. The third-order valence-corrected chi connectivity index (χ3v) is 5.56. The van der Waals surface area contributed by atoms with Crippen molar-refractivity contribution in [1.29, 1.82) is 0 Å². The van der Waals surface area contributed by atoms with Crippen LogP contribution in [0.3, 0.4) is 0 Å². The lowest BCUT2D eigenvalue weighted by atomic mass is 9.79. The van der Waals surface area contributed by atoms with Gasteiger partial charge in [0, 0.05) is 5.39 Å². The molecule has 1 saturated heterocycles. The summed E-state index contributed by atoms with van der Waals surface area (Å²) in [5.41, 5.74) is 0.971. The van der Waals surface area contributed by atoms with Crippen LogP contribution in [-0.4, -0.2) is 25.4 Å². The van der Waals surface area contributed by atoms with Crippen molar-refractivity contribution in [1.82, 2.24) is 0 Å². The first-order chi connectivity index (χ1) is 13.3. The molecule has 3 aromatic rings. The molecular formula is C22H25BO5. The Bertz CT molecular complexity index is 943. The summed E-state index contributed by atoms with van der Waals surface area (Å²) >= 11 is 0. The van der Waals surface area contributed by atoms with Gasteiger partial charge in [0.1, 0.15) is 18.0 Å². The average molecular weight is 380 g/mol. The second kappa shape index (κ2) is 6.87. The van der Waals surface area contributed by atoms with E-state index in [1.54, 1.807) is 7.11 Å². The molecule has 1 fully saturated rings. The molecule has 0 atom stereocenters. The number of methoxy groups -OCH3 is 1. The first-order valence-corrected chi connectivity index (χ1v) is 9.43. The molecule has 0 aliphatic carbocycles. The Labute approximate surface area is 165 Å². The second-order valence-corrected chi connectivity index (χ2v) is 8.04. The van der Waals surface area contributed by atoms with Gasteiger partial charge in [-0.1, -0.05) is 24.3 Å². The predicted molar refractivity (Wildman–Crippen MR) is 109 cm³/mol. The van der Waals surface area contributed by atoms with Gasteiger partial charge in [-0.2, -0.15) is 0 Å². The lowest BCUT2D eigenvalue weighted by Gasteiger charge is -2.32. The van der Waals surface area contributed by atoms with E-state index in [0.29, 0.717) is 18.1 Å². The molecule has 146 valence electrons. The second-order valence-electron chi connectivity index (χ2n) is 8.04. The van der Waals surface area contributed by atoms with Crippen LogP contribution in [0.25, 0.3) is 11.0 Å². The van der Waals surface area contributed by atoms with Gasteiger partial charge < -0.3 is 23.2 Å². The molecule has 0 radical (unpaired) electrons. The van der Waals surface area contributed by atoms with Gasteiger partial charge >= 0.3 is 7.12 Å². The molecule has 28 heavy (non-hydrogen) atoms. The Kier molecular flexibility index (Phi) is 4.64. The molecule has 2 heterocycles. The number of para-hydroxylation sites is 1. The molecule has 0 saturated carbocycles. The Morgan fingerprint density at radius 1 is 0.893 bits per heavy atom. The quantitative estimate of drug-likeness (QED) is 0.617. The highest BCUT2D eigenvalue weighted by molar-refractivity contribution is 6.62. The number of benzene rings is 2. The lowest BCUT2D eigenvalue weighted by Crippen LogP contribution is -2.41. The largest absolute Gasteiger partial charge is 0.494 e. The Morgan fingerprint density at radius 2 is 1.61 bits per heavy atom. The molecule has 5 nitrogen and oxygen atoms in total. The molecule has 0 amide bonds. The summed E-state index contributed by atoms with van der Waals surface area (Å²) < 4.78 is 29.5. The number of ether oxygens (including phenoxy) is 2. The fraction of sp³-hybridized carbons (Fsp3) is 0.364. The van der Waals surface area contributed by atoms with Crippen molar-refractivity contribution in [2.75, 3.05) is 7.11 Å². The summed E-state index contributed by atoms with van der Waals surface area (Å²) in [6.07, 6.45) is 0. The number of furan rings is 1. The fourth-order valence-corrected chi connectivity index (χ4v) is 3.19. The van der Waals surface area contributed by atoms with Crippen LogP contribution in [0.1, 0.15) is 33.5 Å². The van der Waals surface area contributed by atoms with Crippen LogP contribution in [0.5, 0.6) is 11.5 Å². The van der Waals surface area contributed by atoms with E-state index in [1.165, 1.54) is 0 Å². The van der Waals surface area contributed by atoms with Crippen LogP contribution in [-0.2, 0) is 15.9 Å². The van der Waals surface area contributed by atoms with E-state index < -0.39 is 7.12 Å². The standard InChI is InChI=1S/C22H25BO5/c1-21(2)22(3,4)28-23(27-21)16-10-11-19(20(13-16)24-5)25-14-17-12-15-8-6-7-9-18(15)26-17/h6-13H,14H2,1-5H3. The molecule has 0 spiro atoms. The van der Waals surface area contributed by atoms with Crippen LogP contribution in [0, 0.1) is 0 Å². The molecule has 4 rings (SSSR count). The van der Waals surface area contributed by atoms with Crippen molar-refractivity contribution in [2.24, 2.45) is 0 Å². The van der Waals surface area contributed by atoms with Gasteiger partial charge in [0.2, 0.25) is 0 Å². The number of rotatable bonds is 5. The van der Waals surface area contributed by atoms with Crippen LogP contribution < -0.4 is 14.9 Å². The molecule has 0 bridgehead atoms. The highest BCUT2D eigenvalue weighted by Crippen LogP contribution is 2.37. The maximum Gasteiger partial charge on any atom is 0.494 e. The van der Waals surface area contributed by atoms with Crippen molar-refractivity contribution in [2.45, 2.75) is 45.5 Å². The first kappa shape index (κ1) is 18.9. The number of fused-ring (bicyclic) bond motifs is 1. The van der Waals surface area contributed by atoms with Gasteiger partial charge in [-0.15, -0.1) is 0 Å². The molecule has 0 unspecified atom stereocenters. The minimum Gasteiger partial charge on any atom is -0.493 e. The van der Waals surface area contributed by atoms with Crippen molar-refractivity contribution in [3.63, 3.8) is 0 Å². The molecule has 1 aromatic heterocycles. The normalized spacial score (nSPS) is 17.8. The lowest BCUT2D eigenvalue weighted by molar-refractivity contribution is 0.00578. The Hall–Kier alpha value is -2.44. The third-order valence-electron chi connectivity index (χ3n) is 5.56. The third kappa shape index (κ3) is 3.38. The highest BCUT2D eigenvalue weighted by atomic mass is 16.7. The summed E-state index contributed by atoms with van der Waals surface area (Å²) in [7, 11) is 1.18. The van der Waals surface area contributed by atoms with Crippen LogP contribution >= 0.6 is 0 Å². The van der Waals surface area contributed by atoms with Crippen LogP contribution in [0.4, 0.5) is 0 Å². The van der Waals surface area contributed by atoms with E-state index in [4.69, 9.17) is 23.2 Å². The Morgan fingerprint density at radius 3 is 2.29 bits per heavy atom. The maximum atomic E-state index is 6.12.